The summed E-state index contributed by atoms with van der Waals surface area (Å²) in [6.07, 6.45) is -4.45. The van der Waals surface area contributed by atoms with E-state index >= 15 is 0 Å². The summed E-state index contributed by atoms with van der Waals surface area (Å²) in [5.41, 5.74) is 1.72. The zero-order chi connectivity index (χ0) is 19.1. The SMILES string of the molecule is Cc1ccc(-n2nc(-c3ccc(C(F)(F)F)cc3)c(C(=O)O)c2C)cc1. The van der Waals surface area contributed by atoms with Crippen molar-refractivity contribution in [3.63, 3.8) is 0 Å². The first-order valence-corrected chi connectivity index (χ1v) is 7.76. The Morgan fingerprint density at radius 2 is 1.58 bits per heavy atom. The third-order valence-electron chi connectivity index (χ3n) is 4.09. The predicted molar refractivity (Wildman–Crippen MR) is 90.4 cm³/mol. The third-order valence-corrected chi connectivity index (χ3v) is 4.09. The van der Waals surface area contributed by atoms with E-state index in [1.165, 1.54) is 16.8 Å². The third kappa shape index (κ3) is 3.20. The monoisotopic (exact) mass is 360 g/mol. The van der Waals surface area contributed by atoms with E-state index in [0.29, 0.717) is 16.9 Å². The Bertz CT molecular complexity index is 956. The fraction of sp³-hybridized carbons (Fsp3) is 0.158. The normalized spacial score (nSPS) is 11.6. The molecule has 3 rings (SSSR count). The molecular weight excluding hydrogens is 345 g/mol. The molecule has 0 atom stereocenters. The molecule has 0 aliphatic heterocycles. The van der Waals surface area contributed by atoms with E-state index in [0.717, 1.165) is 17.7 Å². The average molecular weight is 360 g/mol. The molecule has 4 nitrogen and oxygen atoms in total. The number of hydrogen-bond donors (Lipinski definition) is 1. The maximum absolute atomic E-state index is 12.7. The molecule has 0 unspecified atom stereocenters. The summed E-state index contributed by atoms with van der Waals surface area (Å²) < 4.78 is 39.7. The van der Waals surface area contributed by atoms with Gasteiger partial charge in [0.2, 0.25) is 0 Å². The van der Waals surface area contributed by atoms with Crippen molar-refractivity contribution in [2.24, 2.45) is 0 Å². The molecule has 1 aromatic heterocycles. The predicted octanol–water partition coefficient (Wildman–Crippen LogP) is 4.87. The molecule has 2 aromatic carbocycles. The van der Waals surface area contributed by atoms with Gasteiger partial charge < -0.3 is 5.11 Å². The van der Waals surface area contributed by atoms with Crippen LogP contribution in [0.5, 0.6) is 0 Å². The smallest absolute Gasteiger partial charge is 0.416 e. The summed E-state index contributed by atoms with van der Waals surface area (Å²) in [5.74, 6) is -1.18. The summed E-state index contributed by atoms with van der Waals surface area (Å²) in [6, 6.07) is 11.6. The van der Waals surface area contributed by atoms with Crippen molar-refractivity contribution in [1.29, 1.82) is 0 Å². The highest BCUT2D eigenvalue weighted by Crippen LogP contribution is 2.32. The molecular formula is C19H15F3N2O2. The van der Waals surface area contributed by atoms with Gasteiger partial charge in [0.05, 0.1) is 16.9 Å². The number of aromatic nitrogens is 2. The van der Waals surface area contributed by atoms with Gasteiger partial charge in [-0.3, -0.25) is 0 Å². The Hall–Kier alpha value is -3.09. The molecule has 0 bridgehead atoms. The van der Waals surface area contributed by atoms with E-state index in [-0.39, 0.29) is 11.3 Å². The van der Waals surface area contributed by atoms with Crippen LogP contribution in [-0.4, -0.2) is 20.9 Å². The minimum Gasteiger partial charge on any atom is -0.478 e. The Balaban J connectivity index is 2.14. The van der Waals surface area contributed by atoms with Gasteiger partial charge in [-0.25, -0.2) is 9.48 Å². The van der Waals surface area contributed by atoms with Gasteiger partial charge in [0.1, 0.15) is 11.3 Å². The van der Waals surface area contributed by atoms with Crippen LogP contribution < -0.4 is 0 Å². The van der Waals surface area contributed by atoms with Crippen LogP contribution in [0.1, 0.15) is 27.2 Å². The van der Waals surface area contributed by atoms with E-state index in [4.69, 9.17) is 0 Å². The average Bonchev–Trinajstić information content (AvgIpc) is 2.92. The number of aromatic carboxylic acids is 1. The fourth-order valence-electron chi connectivity index (χ4n) is 2.71. The number of carbonyl (C=O) groups is 1. The minimum absolute atomic E-state index is 0.0367. The summed E-state index contributed by atoms with van der Waals surface area (Å²) in [6.45, 7) is 3.54. The van der Waals surface area contributed by atoms with Gasteiger partial charge in [-0.05, 0) is 38.1 Å². The number of rotatable bonds is 3. The molecule has 3 aromatic rings. The van der Waals surface area contributed by atoms with Gasteiger partial charge >= 0.3 is 12.1 Å². The molecule has 0 aliphatic carbocycles. The number of alkyl halides is 3. The van der Waals surface area contributed by atoms with Crippen LogP contribution in [0.15, 0.2) is 48.5 Å². The van der Waals surface area contributed by atoms with Crippen molar-refractivity contribution in [2.45, 2.75) is 20.0 Å². The number of carboxylic acids is 1. The second kappa shape index (κ2) is 6.33. The lowest BCUT2D eigenvalue weighted by atomic mass is 10.0. The Morgan fingerprint density at radius 1 is 1.00 bits per heavy atom. The van der Waals surface area contributed by atoms with Crippen molar-refractivity contribution in [3.05, 3.63) is 70.9 Å². The molecule has 134 valence electrons. The molecule has 1 N–H and O–H groups in total. The minimum atomic E-state index is -4.45. The first kappa shape index (κ1) is 17.7. The van der Waals surface area contributed by atoms with Crippen molar-refractivity contribution >= 4 is 5.97 Å². The van der Waals surface area contributed by atoms with Crippen LogP contribution in [0.4, 0.5) is 13.2 Å². The van der Waals surface area contributed by atoms with Crippen LogP contribution in [0.3, 0.4) is 0 Å². The lowest BCUT2D eigenvalue weighted by Crippen LogP contribution is -2.04. The quantitative estimate of drug-likeness (QED) is 0.725. The maximum Gasteiger partial charge on any atom is 0.416 e. The van der Waals surface area contributed by atoms with Gasteiger partial charge in [0.25, 0.3) is 0 Å². The number of benzene rings is 2. The van der Waals surface area contributed by atoms with E-state index in [2.05, 4.69) is 5.10 Å². The Morgan fingerprint density at radius 3 is 2.08 bits per heavy atom. The van der Waals surface area contributed by atoms with Crippen LogP contribution in [0.25, 0.3) is 16.9 Å². The molecule has 0 fully saturated rings. The molecule has 7 heteroatoms. The Labute approximate surface area is 147 Å². The zero-order valence-corrected chi connectivity index (χ0v) is 14.0. The van der Waals surface area contributed by atoms with Crippen LogP contribution in [0.2, 0.25) is 0 Å². The van der Waals surface area contributed by atoms with E-state index < -0.39 is 17.7 Å². The molecule has 26 heavy (non-hydrogen) atoms. The van der Waals surface area contributed by atoms with E-state index in [1.54, 1.807) is 19.1 Å². The molecule has 1 heterocycles. The highest BCUT2D eigenvalue weighted by atomic mass is 19.4. The number of carboxylic acid groups (broad SMARTS) is 1. The van der Waals surface area contributed by atoms with Gasteiger partial charge in [0, 0.05) is 5.56 Å². The molecule has 0 aliphatic rings. The number of aryl methyl sites for hydroxylation is 1. The molecule has 0 saturated carbocycles. The molecule has 0 amide bonds. The van der Waals surface area contributed by atoms with Crippen LogP contribution in [-0.2, 0) is 6.18 Å². The van der Waals surface area contributed by atoms with Gasteiger partial charge in [-0.2, -0.15) is 18.3 Å². The number of halogens is 3. The molecule has 0 radical (unpaired) electrons. The van der Waals surface area contributed by atoms with Crippen molar-refractivity contribution in [2.75, 3.05) is 0 Å². The van der Waals surface area contributed by atoms with Crippen LogP contribution >= 0.6 is 0 Å². The summed E-state index contributed by atoms with van der Waals surface area (Å²) in [4.78, 5) is 11.7. The summed E-state index contributed by atoms with van der Waals surface area (Å²) in [5, 5.41) is 13.9. The highest BCUT2D eigenvalue weighted by Gasteiger charge is 2.30. The van der Waals surface area contributed by atoms with Gasteiger partial charge in [0.15, 0.2) is 0 Å². The first-order chi connectivity index (χ1) is 12.2. The van der Waals surface area contributed by atoms with Crippen molar-refractivity contribution < 1.29 is 23.1 Å². The van der Waals surface area contributed by atoms with E-state index in [1.807, 2.05) is 19.1 Å². The lowest BCUT2D eigenvalue weighted by Gasteiger charge is -2.07. The first-order valence-electron chi connectivity index (χ1n) is 7.76. The van der Waals surface area contributed by atoms with Crippen molar-refractivity contribution in [1.82, 2.24) is 9.78 Å². The highest BCUT2D eigenvalue weighted by molar-refractivity contribution is 5.96. The lowest BCUT2D eigenvalue weighted by molar-refractivity contribution is -0.137. The number of hydrogen-bond acceptors (Lipinski definition) is 2. The largest absolute Gasteiger partial charge is 0.478 e. The maximum atomic E-state index is 12.7. The van der Waals surface area contributed by atoms with Crippen LogP contribution in [0, 0.1) is 13.8 Å². The van der Waals surface area contributed by atoms with E-state index in [9.17, 15) is 23.1 Å². The van der Waals surface area contributed by atoms with Gasteiger partial charge in [-0.1, -0.05) is 29.8 Å². The fourth-order valence-corrected chi connectivity index (χ4v) is 2.71. The zero-order valence-electron chi connectivity index (χ0n) is 14.0. The standard InChI is InChI=1S/C19H15F3N2O2/c1-11-3-9-15(10-4-11)24-12(2)16(18(25)26)17(23-24)13-5-7-14(8-6-13)19(20,21)22/h3-10H,1-2H3,(H,25,26). The number of nitrogens with zero attached hydrogens (tertiary/aromatic N) is 2. The van der Waals surface area contributed by atoms with Gasteiger partial charge in [-0.15, -0.1) is 0 Å². The van der Waals surface area contributed by atoms with Crippen molar-refractivity contribution in [3.8, 4) is 16.9 Å². The molecule has 0 saturated heterocycles. The second-order valence-electron chi connectivity index (χ2n) is 5.94. The Kier molecular flexibility index (Phi) is 4.31. The summed E-state index contributed by atoms with van der Waals surface area (Å²) >= 11 is 0. The summed E-state index contributed by atoms with van der Waals surface area (Å²) in [7, 11) is 0. The topological polar surface area (TPSA) is 55.1 Å². The second-order valence-corrected chi connectivity index (χ2v) is 5.94. The molecule has 0 spiro atoms.